The van der Waals surface area contributed by atoms with Crippen molar-refractivity contribution in [3.8, 4) is 0 Å². The highest BCUT2D eigenvalue weighted by Gasteiger charge is 2.31. The Kier molecular flexibility index (Phi) is 81.0. The van der Waals surface area contributed by atoms with Crippen LogP contribution in [0.5, 0.6) is 0 Å². The zero-order valence-electron chi connectivity index (χ0n) is 75.0. The summed E-state index contributed by atoms with van der Waals surface area (Å²) >= 11 is 0. The summed E-state index contributed by atoms with van der Waals surface area (Å²) in [6.45, 7) is 14.5. The summed E-state index contributed by atoms with van der Waals surface area (Å²) in [5.41, 5.74) is 0. The minimum absolute atomic E-state index is 0.107. The van der Waals surface area contributed by atoms with Crippen LogP contribution in [-0.4, -0.2) is 96.7 Å². The molecule has 0 aromatic rings. The monoisotopic (exact) mass is 1650 g/mol. The molecule has 0 rings (SSSR count). The summed E-state index contributed by atoms with van der Waals surface area (Å²) in [6, 6.07) is 0. The van der Waals surface area contributed by atoms with Gasteiger partial charge in [-0.2, -0.15) is 0 Å². The van der Waals surface area contributed by atoms with Gasteiger partial charge in [-0.1, -0.05) is 447 Å². The summed E-state index contributed by atoms with van der Waals surface area (Å²) in [6.07, 6.45) is 75.0. The van der Waals surface area contributed by atoms with Crippen LogP contribution in [-0.2, 0) is 65.4 Å². The number of esters is 4. The Balaban J connectivity index is 5.25. The van der Waals surface area contributed by atoms with Crippen LogP contribution in [0.3, 0.4) is 0 Å². The number of carbonyl (C=O) groups excluding carboxylic acids is 4. The molecular formula is C94H184O17P2. The molecule has 0 aliphatic rings. The molecule has 3 N–H and O–H groups in total. The highest BCUT2D eigenvalue weighted by molar-refractivity contribution is 7.47. The molecule has 113 heavy (non-hydrogen) atoms. The Hall–Kier alpha value is -1.94. The fourth-order valence-electron chi connectivity index (χ4n) is 14.7. The van der Waals surface area contributed by atoms with E-state index < -0.39 is 97.5 Å². The third kappa shape index (κ3) is 84.9. The van der Waals surface area contributed by atoms with Gasteiger partial charge in [0.15, 0.2) is 12.2 Å². The molecule has 0 radical (unpaired) electrons. The van der Waals surface area contributed by atoms with E-state index in [-0.39, 0.29) is 25.7 Å². The van der Waals surface area contributed by atoms with Gasteiger partial charge in [0.1, 0.15) is 19.3 Å². The van der Waals surface area contributed by atoms with Crippen LogP contribution in [0.4, 0.5) is 0 Å². The fourth-order valence-corrected chi connectivity index (χ4v) is 16.2. The minimum Gasteiger partial charge on any atom is -0.462 e. The summed E-state index contributed by atoms with van der Waals surface area (Å²) in [5.74, 6) is 1.18. The second-order valence-corrected chi connectivity index (χ2v) is 38.1. The first kappa shape index (κ1) is 111. The van der Waals surface area contributed by atoms with Crippen LogP contribution in [0.15, 0.2) is 0 Å². The zero-order chi connectivity index (χ0) is 83.0. The normalized spacial score (nSPS) is 14.3. The van der Waals surface area contributed by atoms with E-state index in [2.05, 4.69) is 55.4 Å². The van der Waals surface area contributed by atoms with Crippen LogP contribution < -0.4 is 0 Å². The van der Waals surface area contributed by atoms with Gasteiger partial charge in [-0.15, -0.1) is 0 Å². The zero-order valence-corrected chi connectivity index (χ0v) is 76.8. The van der Waals surface area contributed by atoms with Crippen LogP contribution in [0.1, 0.15) is 498 Å². The van der Waals surface area contributed by atoms with E-state index in [1.807, 2.05) is 0 Å². The maximum atomic E-state index is 13.2. The molecule has 0 spiro atoms. The number of ether oxygens (including phenoxy) is 4. The summed E-state index contributed by atoms with van der Waals surface area (Å²) < 4.78 is 69.2. The minimum atomic E-state index is -4.97. The molecular weight excluding hydrogens is 1460 g/mol. The second kappa shape index (κ2) is 82.4. The lowest BCUT2D eigenvalue weighted by Gasteiger charge is -2.21. The van der Waals surface area contributed by atoms with E-state index in [9.17, 15) is 43.2 Å². The quantitative estimate of drug-likeness (QED) is 0.0222. The van der Waals surface area contributed by atoms with E-state index in [0.29, 0.717) is 25.7 Å². The van der Waals surface area contributed by atoms with Crippen LogP contribution in [0, 0.1) is 23.7 Å². The van der Waals surface area contributed by atoms with Gasteiger partial charge in [0.25, 0.3) is 0 Å². The average molecular weight is 1650 g/mol. The summed E-state index contributed by atoms with van der Waals surface area (Å²) in [7, 11) is -9.94. The van der Waals surface area contributed by atoms with Crippen molar-refractivity contribution in [3.63, 3.8) is 0 Å². The fraction of sp³-hybridized carbons (Fsp3) is 0.957. The van der Waals surface area contributed by atoms with E-state index in [4.69, 9.17) is 37.0 Å². The number of hydrogen-bond acceptors (Lipinski definition) is 15. The van der Waals surface area contributed by atoms with Crippen LogP contribution in [0.2, 0.25) is 0 Å². The number of rotatable bonds is 91. The summed E-state index contributed by atoms with van der Waals surface area (Å²) in [5, 5.41) is 10.7. The van der Waals surface area contributed by atoms with Gasteiger partial charge in [-0.3, -0.25) is 37.3 Å². The molecule has 0 saturated heterocycles. The SMILES string of the molecule is CCC(C)CCCCCCCCCCCCCCCCCCCCC(=O)O[C@H](COC(=O)CCCCCCCCCCCCCCCCCCCCC(C)C)COP(=O)(O)OC[C@@H](O)COP(=O)(O)OC[C@@H](COC(=O)CCCCCCCCCCC(C)CC)OC(=O)CCCCCCCCCCCCCCCCCC(C)C. The number of aliphatic hydroxyl groups excluding tert-OH is 1. The highest BCUT2D eigenvalue weighted by atomic mass is 31.2. The van der Waals surface area contributed by atoms with Gasteiger partial charge < -0.3 is 33.8 Å². The molecule has 0 aromatic carbocycles. The molecule has 4 unspecified atom stereocenters. The molecule has 0 heterocycles. The molecule has 0 saturated carbocycles. The third-order valence-corrected chi connectivity index (χ3v) is 24.7. The van der Waals surface area contributed by atoms with E-state index in [0.717, 1.165) is 114 Å². The molecule has 17 nitrogen and oxygen atoms in total. The smallest absolute Gasteiger partial charge is 0.462 e. The van der Waals surface area contributed by atoms with E-state index in [1.54, 1.807) is 0 Å². The molecule has 0 bridgehead atoms. The Labute approximate surface area is 696 Å². The van der Waals surface area contributed by atoms with Crippen molar-refractivity contribution in [3.05, 3.63) is 0 Å². The van der Waals surface area contributed by atoms with Crippen molar-refractivity contribution >= 4 is 39.5 Å². The Morgan fingerprint density at radius 2 is 0.425 bits per heavy atom. The van der Waals surface area contributed by atoms with Crippen molar-refractivity contribution in [2.24, 2.45) is 23.7 Å². The molecule has 19 heteroatoms. The predicted octanol–water partition coefficient (Wildman–Crippen LogP) is 29.1. The van der Waals surface area contributed by atoms with Crippen molar-refractivity contribution in [1.82, 2.24) is 0 Å². The molecule has 7 atom stereocenters. The molecule has 0 aliphatic heterocycles. The largest absolute Gasteiger partial charge is 0.472 e. The lowest BCUT2D eigenvalue weighted by atomic mass is 9.99. The lowest BCUT2D eigenvalue weighted by Crippen LogP contribution is -2.30. The Morgan fingerprint density at radius 1 is 0.248 bits per heavy atom. The Bertz CT molecular complexity index is 2190. The molecule has 672 valence electrons. The number of carbonyl (C=O) groups is 4. The first-order valence-electron chi connectivity index (χ1n) is 48.3. The average Bonchev–Trinajstić information content (AvgIpc) is 0.895. The third-order valence-electron chi connectivity index (χ3n) is 22.8. The first-order chi connectivity index (χ1) is 54.7. The number of phosphoric acid groups is 2. The van der Waals surface area contributed by atoms with Gasteiger partial charge >= 0.3 is 39.5 Å². The van der Waals surface area contributed by atoms with Crippen molar-refractivity contribution in [1.29, 1.82) is 0 Å². The maximum absolute atomic E-state index is 13.2. The van der Waals surface area contributed by atoms with Crippen molar-refractivity contribution < 1.29 is 80.2 Å². The lowest BCUT2D eigenvalue weighted by molar-refractivity contribution is -0.161. The van der Waals surface area contributed by atoms with E-state index >= 15 is 0 Å². The molecule has 0 aliphatic carbocycles. The molecule has 0 aromatic heterocycles. The number of phosphoric ester groups is 2. The van der Waals surface area contributed by atoms with Crippen molar-refractivity contribution in [2.75, 3.05) is 39.6 Å². The van der Waals surface area contributed by atoms with Gasteiger partial charge in [-0.25, -0.2) is 9.13 Å². The highest BCUT2D eigenvalue weighted by Crippen LogP contribution is 2.45. The second-order valence-electron chi connectivity index (χ2n) is 35.2. The molecule has 0 fully saturated rings. The number of aliphatic hydroxyl groups is 1. The van der Waals surface area contributed by atoms with Gasteiger partial charge in [0, 0.05) is 25.7 Å². The number of unbranched alkanes of at least 4 members (excludes halogenated alkanes) is 55. The van der Waals surface area contributed by atoms with Crippen LogP contribution >= 0.6 is 15.6 Å². The Morgan fingerprint density at radius 3 is 0.628 bits per heavy atom. The van der Waals surface area contributed by atoms with Crippen molar-refractivity contribution in [2.45, 2.75) is 517 Å². The standard InChI is InChI=1S/C94H184O17P2/c1-9-86(7)72-64-56-48-40-34-28-22-16-12-14-18-24-30-36-42-52-60-68-76-93(98)110-89(80-104-91(96)74-66-58-50-41-35-29-23-17-13-11-15-20-26-32-38-46-54-62-70-84(3)4)82-108-112(100,101)106-78-88(95)79-107-113(102,103)109-83-90(81-105-92(97)75-67-59-51-45-44-49-57-65-73-87(8)10-2)111-94(99)77-69-61-53-43-37-31-25-19-21-27-33-39-47-55-63-71-85(5)6/h84-90,95H,9-83H2,1-8H3,(H,100,101)(H,102,103)/t86?,87?,88-,89-,90-/m1/s1. The van der Waals surface area contributed by atoms with Gasteiger partial charge in [-0.05, 0) is 49.4 Å². The van der Waals surface area contributed by atoms with Crippen LogP contribution in [0.25, 0.3) is 0 Å². The topological polar surface area (TPSA) is 237 Å². The van der Waals surface area contributed by atoms with Gasteiger partial charge in [0.2, 0.25) is 0 Å². The summed E-state index contributed by atoms with van der Waals surface area (Å²) in [4.78, 5) is 73.5. The number of hydrogen-bond donors (Lipinski definition) is 3. The van der Waals surface area contributed by atoms with Gasteiger partial charge in [0.05, 0.1) is 26.4 Å². The van der Waals surface area contributed by atoms with E-state index in [1.165, 1.54) is 302 Å². The predicted molar refractivity (Wildman–Crippen MR) is 469 cm³/mol. The maximum Gasteiger partial charge on any atom is 0.472 e. The molecule has 0 amide bonds. The first-order valence-corrected chi connectivity index (χ1v) is 51.3.